The number of carbonyl (C=O) groups is 1. The first kappa shape index (κ1) is 14.2. The maximum absolute atomic E-state index is 12.1. The molecule has 0 aliphatic rings. The Morgan fingerprint density at radius 2 is 1.82 bits per heavy atom. The van der Waals surface area contributed by atoms with E-state index in [1.54, 1.807) is 0 Å². The highest BCUT2D eigenvalue weighted by molar-refractivity contribution is 5.86. The number of anilines is 1. The molecule has 0 bridgehead atoms. The van der Waals surface area contributed by atoms with Crippen LogP contribution >= 0.6 is 0 Å². The van der Waals surface area contributed by atoms with Gasteiger partial charge in [-0.3, -0.25) is 15.6 Å². The number of aromatic amines is 1. The molecule has 3 rings (SSSR count). The molecule has 3 aromatic rings. The third kappa shape index (κ3) is 3.10. The van der Waals surface area contributed by atoms with Crippen LogP contribution in [0.5, 0.6) is 0 Å². The molecule has 0 unspecified atom stereocenters. The maximum Gasteiger partial charge on any atom is 0.255 e. The van der Waals surface area contributed by atoms with Crippen LogP contribution in [0.2, 0.25) is 0 Å². The molecule has 0 radical (unpaired) electrons. The zero-order valence-electron chi connectivity index (χ0n) is 12.0. The number of hydrogen-bond acceptors (Lipinski definition) is 3. The van der Waals surface area contributed by atoms with E-state index in [4.69, 9.17) is 5.73 Å². The third-order valence-electron chi connectivity index (χ3n) is 3.56. The average molecular weight is 294 g/mol. The maximum atomic E-state index is 12.1. The topological polar surface area (TPSA) is 82.9 Å². The number of nitrogens with one attached hydrogen (secondary N) is 3. The Balaban J connectivity index is 1.61. The van der Waals surface area contributed by atoms with Gasteiger partial charge in [-0.15, -0.1) is 0 Å². The van der Waals surface area contributed by atoms with E-state index >= 15 is 0 Å². The van der Waals surface area contributed by atoms with Gasteiger partial charge < -0.3 is 10.7 Å². The van der Waals surface area contributed by atoms with Crippen LogP contribution in [0.4, 0.5) is 5.69 Å². The van der Waals surface area contributed by atoms with Crippen LogP contribution in [-0.4, -0.2) is 16.9 Å². The van der Waals surface area contributed by atoms with Gasteiger partial charge in [0.2, 0.25) is 0 Å². The summed E-state index contributed by atoms with van der Waals surface area (Å²) in [5.74, 6) is -0.242. The van der Waals surface area contributed by atoms with Crippen LogP contribution in [-0.2, 0) is 11.2 Å². The summed E-state index contributed by atoms with van der Waals surface area (Å²) in [4.78, 5) is 15.3. The fraction of sp³-hybridized carbons (Fsp3) is 0.118. The van der Waals surface area contributed by atoms with Gasteiger partial charge in [-0.1, -0.05) is 36.4 Å². The van der Waals surface area contributed by atoms with E-state index in [2.05, 4.69) is 15.8 Å². The van der Waals surface area contributed by atoms with E-state index in [1.807, 2.05) is 60.8 Å². The lowest BCUT2D eigenvalue weighted by Crippen LogP contribution is -2.44. The van der Waals surface area contributed by atoms with Gasteiger partial charge >= 0.3 is 0 Å². The van der Waals surface area contributed by atoms with E-state index in [-0.39, 0.29) is 5.91 Å². The number of para-hydroxylation sites is 2. The molecule has 0 aliphatic carbocycles. The molecular weight excluding hydrogens is 276 g/mol. The molecule has 0 spiro atoms. The van der Waals surface area contributed by atoms with Crippen molar-refractivity contribution in [2.24, 2.45) is 5.73 Å². The Morgan fingerprint density at radius 3 is 2.64 bits per heavy atom. The molecular formula is C17H18N4O. The van der Waals surface area contributed by atoms with Crippen molar-refractivity contribution in [2.45, 2.75) is 12.5 Å². The molecule has 0 saturated heterocycles. The van der Waals surface area contributed by atoms with Crippen molar-refractivity contribution in [3.05, 3.63) is 66.4 Å². The van der Waals surface area contributed by atoms with E-state index < -0.39 is 6.04 Å². The van der Waals surface area contributed by atoms with Crippen molar-refractivity contribution in [2.75, 3.05) is 5.43 Å². The van der Waals surface area contributed by atoms with Crippen molar-refractivity contribution >= 4 is 22.5 Å². The number of fused-ring (bicyclic) bond motifs is 1. The Labute approximate surface area is 128 Å². The zero-order chi connectivity index (χ0) is 15.4. The molecule has 2 aromatic carbocycles. The monoisotopic (exact) mass is 294 g/mol. The van der Waals surface area contributed by atoms with Crippen LogP contribution < -0.4 is 16.6 Å². The van der Waals surface area contributed by atoms with Crippen LogP contribution in [0.25, 0.3) is 10.9 Å². The Morgan fingerprint density at radius 1 is 1.09 bits per heavy atom. The Bertz CT molecular complexity index is 766. The predicted octanol–water partition coefficient (Wildman–Crippen LogP) is 2.18. The van der Waals surface area contributed by atoms with Crippen molar-refractivity contribution in [3.8, 4) is 0 Å². The number of rotatable bonds is 5. The highest BCUT2D eigenvalue weighted by Crippen LogP contribution is 2.18. The fourth-order valence-electron chi connectivity index (χ4n) is 2.38. The Kier molecular flexibility index (Phi) is 4.07. The summed E-state index contributed by atoms with van der Waals surface area (Å²) in [7, 11) is 0. The summed E-state index contributed by atoms with van der Waals surface area (Å²) in [6.07, 6.45) is 2.38. The van der Waals surface area contributed by atoms with Gasteiger partial charge in [-0.05, 0) is 30.2 Å². The van der Waals surface area contributed by atoms with Crippen LogP contribution in [0.3, 0.4) is 0 Å². The molecule has 22 heavy (non-hydrogen) atoms. The van der Waals surface area contributed by atoms with Crippen molar-refractivity contribution in [1.29, 1.82) is 0 Å². The summed E-state index contributed by atoms with van der Waals surface area (Å²) in [6, 6.07) is 16.8. The molecule has 0 saturated carbocycles. The summed E-state index contributed by atoms with van der Waals surface area (Å²) < 4.78 is 0. The van der Waals surface area contributed by atoms with E-state index in [9.17, 15) is 4.79 Å². The molecule has 112 valence electrons. The van der Waals surface area contributed by atoms with Gasteiger partial charge in [0.05, 0.1) is 11.7 Å². The van der Waals surface area contributed by atoms with Gasteiger partial charge in [0.25, 0.3) is 5.91 Å². The highest BCUT2D eigenvalue weighted by Gasteiger charge is 2.15. The quantitative estimate of drug-likeness (QED) is 0.544. The average Bonchev–Trinajstić information content (AvgIpc) is 2.97. The second-order valence-corrected chi connectivity index (χ2v) is 5.15. The number of nitrogens with two attached hydrogens (primary N) is 1. The smallest absolute Gasteiger partial charge is 0.255 e. The number of hydrazine groups is 1. The summed E-state index contributed by atoms with van der Waals surface area (Å²) in [5.41, 5.74) is 14.4. The van der Waals surface area contributed by atoms with E-state index in [0.717, 1.165) is 22.2 Å². The SMILES string of the molecule is N[C@@H](Cc1c[nH]c2ccccc12)C(=O)NNc1ccccc1. The minimum Gasteiger partial charge on any atom is -0.361 e. The highest BCUT2D eigenvalue weighted by atomic mass is 16.2. The van der Waals surface area contributed by atoms with Crippen molar-refractivity contribution < 1.29 is 4.79 Å². The second-order valence-electron chi connectivity index (χ2n) is 5.15. The summed E-state index contributed by atoms with van der Waals surface area (Å²) in [5, 5.41) is 1.10. The normalized spacial score (nSPS) is 12.0. The Hall–Kier alpha value is -2.79. The number of amides is 1. The molecule has 5 heteroatoms. The number of carbonyl (C=O) groups excluding carboxylic acids is 1. The van der Waals surface area contributed by atoms with Gasteiger partial charge in [-0.2, -0.15) is 0 Å². The number of H-pyrrole nitrogens is 1. The first-order valence-corrected chi connectivity index (χ1v) is 7.15. The van der Waals surface area contributed by atoms with Gasteiger partial charge in [0.1, 0.15) is 0 Å². The molecule has 1 heterocycles. The molecule has 5 nitrogen and oxygen atoms in total. The van der Waals surface area contributed by atoms with E-state index in [1.165, 1.54) is 0 Å². The fourth-order valence-corrected chi connectivity index (χ4v) is 2.38. The second kappa shape index (κ2) is 6.32. The molecule has 1 aromatic heterocycles. The third-order valence-corrected chi connectivity index (χ3v) is 3.56. The van der Waals surface area contributed by atoms with Gasteiger partial charge in [0, 0.05) is 17.1 Å². The number of aromatic nitrogens is 1. The van der Waals surface area contributed by atoms with Crippen molar-refractivity contribution in [3.63, 3.8) is 0 Å². The van der Waals surface area contributed by atoms with Crippen molar-refractivity contribution in [1.82, 2.24) is 10.4 Å². The van der Waals surface area contributed by atoms with E-state index in [0.29, 0.717) is 6.42 Å². The zero-order valence-corrected chi connectivity index (χ0v) is 12.0. The summed E-state index contributed by atoms with van der Waals surface area (Å²) in [6.45, 7) is 0. The molecule has 1 atom stereocenters. The molecule has 5 N–H and O–H groups in total. The molecule has 1 amide bonds. The number of hydrogen-bond donors (Lipinski definition) is 4. The molecule has 0 aliphatic heterocycles. The first-order valence-electron chi connectivity index (χ1n) is 7.15. The first-order chi connectivity index (χ1) is 10.7. The van der Waals surface area contributed by atoms with Crippen LogP contribution in [0, 0.1) is 0 Å². The lowest BCUT2D eigenvalue weighted by atomic mass is 10.1. The lowest BCUT2D eigenvalue weighted by molar-refractivity contribution is -0.121. The van der Waals surface area contributed by atoms with Gasteiger partial charge in [-0.25, -0.2) is 0 Å². The minimum atomic E-state index is -0.615. The minimum absolute atomic E-state index is 0.242. The van der Waals surface area contributed by atoms with Crippen LogP contribution in [0.15, 0.2) is 60.8 Å². The largest absolute Gasteiger partial charge is 0.361 e. The van der Waals surface area contributed by atoms with Gasteiger partial charge in [0.15, 0.2) is 0 Å². The standard InChI is InChI=1S/C17H18N4O/c18-15(17(22)21-20-13-6-2-1-3-7-13)10-12-11-19-16-9-5-4-8-14(12)16/h1-9,11,15,19-20H,10,18H2,(H,21,22)/t15-/m0/s1. The lowest BCUT2D eigenvalue weighted by Gasteiger charge is -2.13. The number of benzene rings is 2. The molecule has 0 fully saturated rings. The van der Waals surface area contributed by atoms with Crippen LogP contribution in [0.1, 0.15) is 5.56 Å². The summed E-state index contributed by atoms with van der Waals surface area (Å²) >= 11 is 0. The predicted molar refractivity (Wildman–Crippen MR) is 88.2 cm³/mol.